The number of carbonyl (C=O) groups excluding carboxylic acids is 1. The van der Waals surface area contributed by atoms with Gasteiger partial charge in [0.15, 0.2) is 0 Å². The number of rotatable bonds is 3. The van der Waals surface area contributed by atoms with Crippen LogP contribution in [0.25, 0.3) is 0 Å². The van der Waals surface area contributed by atoms with Crippen LogP contribution in [0.15, 0.2) is 24.3 Å². The molecule has 2 rings (SSSR count). The fourth-order valence-corrected chi connectivity index (χ4v) is 2.71. The summed E-state index contributed by atoms with van der Waals surface area (Å²) in [7, 11) is 4.19. The summed E-state index contributed by atoms with van der Waals surface area (Å²) >= 11 is 0. The molecule has 1 aromatic rings. The molecule has 0 saturated carbocycles. The van der Waals surface area contributed by atoms with Crippen LogP contribution in [0.2, 0.25) is 0 Å². The SMILES string of the molecule is Cc1cccc(CC(=O)N2CCCC(N(C)C)C2)c1. The van der Waals surface area contributed by atoms with Gasteiger partial charge in [0.2, 0.25) is 5.91 Å². The highest BCUT2D eigenvalue weighted by atomic mass is 16.2. The quantitative estimate of drug-likeness (QED) is 0.831. The van der Waals surface area contributed by atoms with Crippen molar-refractivity contribution in [1.29, 1.82) is 0 Å². The fraction of sp³-hybridized carbons (Fsp3) is 0.562. The number of benzene rings is 1. The normalized spacial score (nSPS) is 19.8. The second kappa shape index (κ2) is 6.20. The van der Waals surface area contributed by atoms with E-state index in [0.717, 1.165) is 25.1 Å². The Balaban J connectivity index is 1.96. The molecule has 3 nitrogen and oxygen atoms in total. The third-order valence-corrected chi connectivity index (χ3v) is 3.92. The predicted molar refractivity (Wildman–Crippen MR) is 78.2 cm³/mol. The molecule has 0 spiro atoms. The van der Waals surface area contributed by atoms with Crippen LogP contribution in [-0.2, 0) is 11.2 Å². The lowest BCUT2D eigenvalue weighted by Gasteiger charge is -2.36. The largest absolute Gasteiger partial charge is 0.341 e. The average molecular weight is 260 g/mol. The molecule has 1 saturated heterocycles. The van der Waals surface area contributed by atoms with Crippen molar-refractivity contribution < 1.29 is 4.79 Å². The van der Waals surface area contributed by atoms with Gasteiger partial charge in [0.05, 0.1) is 6.42 Å². The lowest BCUT2D eigenvalue weighted by molar-refractivity contribution is -0.132. The standard InChI is InChI=1S/C16H24N2O/c1-13-6-4-7-14(10-13)11-16(19)18-9-5-8-15(12-18)17(2)3/h4,6-7,10,15H,5,8-9,11-12H2,1-3H3. The number of amides is 1. The Kier molecular flexibility index (Phi) is 4.59. The van der Waals surface area contributed by atoms with Crippen molar-refractivity contribution in [2.45, 2.75) is 32.2 Å². The fourth-order valence-electron chi connectivity index (χ4n) is 2.71. The van der Waals surface area contributed by atoms with E-state index in [1.54, 1.807) is 0 Å². The van der Waals surface area contributed by atoms with Crippen LogP contribution < -0.4 is 0 Å². The third kappa shape index (κ3) is 3.80. The smallest absolute Gasteiger partial charge is 0.227 e. The number of likely N-dealkylation sites (N-methyl/N-ethyl adjacent to an activating group) is 1. The monoisotopic (exact) mass is 260 g/mol. The van der Waals surface area contributed by atoms with E-state index in [9.17, 15) is 4.79 Å². The van der Waals surface area contributed by atoms with Crippen molar-refractivity contribution >= 4 is 5.91 Å². The summed E-state index contributed by atoms with van der Waals surface area (Å²) in [6.07, 6.45) is 2.84. The maximum absolute atomic E-state index is 12.4. The average Bonchev–Trinajstić information content (AvgIpc) is 2.39. The molecular weight excluding hydrogens is 236 g/mol. The molecule has 1 amide bonds. The minimum atomic E-state index is 0.261. The highest BCUT2D eigenvalue weighted by Crippen LogP contribution is 2.15. The maximum atomic E-state index is 12.4. The van der Waals surface area contributed by atoms with Gasteiger partial charge in [0, 0.05) is 19.1 Å². The van der Waals surface area contributed by atoms with Gasteiger partial charge in [-0.1, -0.05) is 29.8 Å². The molecule has 0 bridgehead atoms. The van der Waals surface area contributed by atoms with Crippen molar-refractivity contribution in [1.82, 2.24) is 9.80 Å². The lowest BCUT2D eigenvalue weighted by Crippen LogP contribution is -2.47. The zero-order valence-corrected chi connectivity index (χ0v) is 12.2. The van der Waals surface area contributed by atoms with Gasteiger partial charge in [-0.3, -0.25) is 4.79 Å². The van der Waals surface area contributed by atoms with Gasteiger partial charge in [-0.15, -0.1) is 0 Å². The van der Waals surface area contributed by atoms with Crippen molar-refractivity contribution in [2.24, 2.45) is 0 Å². The van der Waals surface area contributed by atoms with E-state index in [1.807, 2.05) is 17.0 Å². The van der Waals surface area contributed by atoms with Gasteiger partial charge < -0.3 is 9.80 Å². The number of aryl methyl sites for hydroxylation is 1. The van der Waals surface area contributed by atoms with Crippen LogP contribution in [-0.4, -0.2) is 48.9 Å². The lowest BCUT2D eigenvalue weighted by atomic mass is 10.0. The van der Waals surface area contributed by atoms with E-state index in [-0.39, 0.29) is 5.91 Å². The van der Waals surface area contributed by atoms with Crippen molar-refractivity contribution in [2.75, 3.05) is 27.2 Å². The first-order valence-electron chi connectivity index (χ1n) is 7.06. The summed E-state index contributed by atoms with van der Waals surface area (Å²) < 4.78 is 0. The Labute approximate surface area is 116 Å². The molecule has 1 unspecified atom stereocenters. The molecule has 0 aromatic heterocycles. The highest BCUT2D eigenvalue weighted by molar-refractivity contribution is 5.79. The van der Waals surface area contributed by atoms with E-state index in [4.69, 9.17) is 0 Å². The summed E-state index contributed by atoms with van der Waals surface area (Å²) in [5.41, 5.74) is 2.34. The Morgan fingerprint density at radius 2 is 2.21 bits per heavy atom. The molecule has 0 radical (unpaired) electrons. The summed E-state index contributed by atoms with van der Waals surface area (Å²) in [4.78, 5) is 16.6. The highest BCUT2D eigenvalue weighted by Gasteiger charge is 2.24. The van der Waals surface area contributed by atoms with Gasteiger partial charge >= 0.3 is 0 Å². The summed E-state index contributed by atoms with van der Waals surface area (Å²) in [5.74, 6) is 0.261. The number of carbonyl (C=O) groups is 1. The summed E-state index contributed by atoms with van der Waals surface area (Å²) in [6, 6.07) is 8.74. The number of likely N-dealkylation sites (tertiary alicyclic amines) is 1. The molecule has 1 fully saturated rings. The van der Waals surface area contributed by atoms with E-state index < -0.39 is 0 Å². The maximum Gasteiger partial charge on any atom is 0.227 e. The molecular formula is C16H24N2O. The Morgan fingerprint density at radius 3 is 2.89 bits per heavy atom. The number of piperidine rings is 1. The Bertz CT molecular complexity index is 442. The molecule has 1 atom stereocenters. The van der Waals surface area contributed by atoms with Gasteiger partial charge in [0.1, 0.15) is 0 Å². The Hall–Kier alpha value is -1.35. The van der Waals surface area contributed by atoms with E-state index in [2.05, 4.69) is 38.1 Å². The molecule has 1 aliphatic heterocycles. The zero-order chi connectivity index (χ0) is 13.8. The molecule has 1 aromatic carbocycles. The number of hydrogen-bond acceptors (Lipinski definition) is 2. The predicted octanol–water partition coefficient (Wildman–Crippen LogP) is 2.09. The molecule has 1 aliphatic rings. The van der Waals surface area contributed by atoms with Crippen molar-refractivity contribution in [3.05, 3.63) is 35.4 Å². The number of hydrogen-bond donors (Lipinski definition) is 0. The van der Waals surface area contributed by atoms with Crippen LogP contribution in [0, 0.1) is 6.92 Å². The van der Waals surface area contributed by atoms with Crippen LogP contribution >= 0.6 is 0 Å². The van der Waals surface area contributed by atoms with E-state index in [0.29, 0.717) is 12.5 Å². The molecule has 19 heavy (non-hydrogen) atoms. The van der Waals surface area contributed by atoms with Crippen LogP contribution in [0.4, 0.5) is 0 Å². The minimum absolute atomic E-state index is 0.261. The zero-order valence-electron chi connectivity index (χ0n) is 12.2. The van der Waals surface area contributed by atoms with Gasteiger partial charge in [-0.25, -0.2) is 0 Å². The topological polar surface area (TPSA) is 23.6 Å². The first-order chi connectivity index (χ1) is 9.06. The van der Waals surface area contributed by atoms with E-state index in [1.165, 1.54) is 12.0 Å². The summed E-state index contributed by atoms with van der Waals surface area (Å²) in [6.45, 7) is 3.85. The second-order valence-electron chi connectivity index (χ2n) is 5.77. The first kappa shape index (κ1) is 14.1. The number of nitrogens with zero attached hydrogens (tertiary/aromatic N) is 2. The third-order valence-electron chi connectivity index (χ3n) is 3.92. The molecule has 1 heterocycles. The van der Waals surface area contributed by atoms with Gasteiger partial charge in [-0.05, 0) is 39.4 Å². The van der Waals surface area contributed by atoms with Crippen molar-refractivity contribution in [3.63, 3.8) is 0 Å². The van der Waals surface area contributed by atoms with Crippen LogP contribution in [0.5, 0.6) is 0 Å². The molecule has 104 valence electrons. The molecule has 0 N–H and O–H groups in total. The summed E-state index contributed by atoms with van der Waals surface area (Å²) in [5, 5.41) is 0. The second-order valence-corrected chi connectivity index (χ2v) is 5.77. The van der Waals surface area contributed by atoms with Crippen molar-refractivity contribution in [3.8, 4) is 0 Å². The molecule has 3 heteroatoms. The van der Waals surface area contributed by atoms with Gasteiger partial charge in [0.25, 0.3) is 0 Å². The van der Waals surface area contributed by atoms with Crippen LogP contribution in [0.1, 0.15) is 24.0 Å². The van der Waals surface area contributed by atoms with Crippen LogP contribution in [0.3, 0.4) is 0 Å². The van der Waals surface area contributed by atoms with Gasteiger partial charge in [-0.2, -0.15) is 0 Å². The first-order valence-corrected chi connectivity index (χ1v) is 7.06. The van der Waals surface area contributed by atoms with E-state index >= 15 is 0 Å². The minimum Gasteiger partial charge on any atom is -0.341 e. The molecule has 0 aliphatic carbocycles. The Morgan fingerprint density at radius 1 is 1.42 bits per heavy atom.